The lowest BCUT2D eigenvalue weighted by atomic mass is 10.1. The predicted octanol–water partition coefficient (Wildman–Crippen LogP) is 2.65. The molecule has 2 aromatic rings. The van der Waals surface area contributed by atoms with Gasteiger partial charge in [-0.05, 0) is 12.1 Å². The maximum atomic E-state index is 11.7. The molecule has 0 aliphatic heterocycles. The number of para-hydroxylation sites is 2. The fraction of sp³-hybridized carbons (Fsp3) is 0.0714. The lowest BCUT2D eigenvalue weighted by Crippen LogP contribution is -2.11. The van der Waals surface area contributed by atoms with E-state index in [1.165, 1.54) is 6.07 Å². The molecule has 3 nitrogen and oxygen atoms in total. The second kappa shape index (κ2) is 5.16. The van der Waals surface area contributed by atoms with Gasteiger partial charge in [0.1, 0.15) is 0 Å². The summed E-state index contributed by atoms with van der Waals surface area (Å²) < 4.78 is 5.25. The summed E-state index contributed by atoms with van der Waals surface area (Å²) >= 11 is 0. The first kappa shape index (κ1) is 11.2. The van der Waals surface area contributed by atoms with E-state index in [0.29, 0.717) is 11.3 Å². The fourth-order valence-corrected chi connectivity index (χ4v) is 1.43. The molecule has 0 bridgehead atoms. The van der Waals surface area contributed by atoms with Gasteiger partial charge in [0.15, 0.2) is 23.9 Å². The zero-order valence-electron chi connectivity index (χ0n) is 9.17. The van der Waals surface area contributed by atoms with E-state index in [1.807, 2.05) is 6.07 Å². The summed E-state index contributed by atoms with van der Waals surface area (Å²) in [6, 6.07) is 15.5. The van der Waals surface area contributed by atoms with Crippen LogP contribution in [0.4, 0.5) is 0 Å². The van der Waals surface area contributed by atoms with Crippen LogP contribution in [0.1, 0.15) is 10.4 Å². The number of benzene rings is 2. The molecule has 0 saturated carbocycles. The fourth-order valence-electron chi connectivity index (χ4n) is 1.43. The van der Waals surface area contributed by atoms with Gasteiger partial charge >= 0.3 is 0 Å². The normalized spacial score (nSPS) is 9.88. The zero-order valence-corrected chi connectivity index (χ0v) is 9.17. The summed E-state index contributed by atoms with van der Waals surface area (Å²) in [7, 11) is 0. The van der Waals surface area contributed by atoms with Gasteiger partial charge < -0.3 is 9.84 Å². The number of Topliss-reactive ketones (excluding diaryl/α,β-unsaturated/α-hetero) is 1. The van der Waals surface area contributed by atoms with Crippen molar-refractivity contribution in [2.75, 3.05) is 6.61 Å². The van der Waals surface area contributed by atoms with Crippen LogP contribution in [0.25, 0.3) is 0 Å². The van der Waals surface area contributed by atoms with Crippen LogP contribution in [0.5, 0.6) is 11.5 Å². The van der Waals surface area contributed by atoms with E-state index in [2.05, 4.69) is 0 Å². The monoisotopic (exact) mass is 228 g/mol. The highest BCUT2D eigenvalue weighted by atomic mass is 16.5. The molecule has 0 aliphatic rings. The van der Waals surface area contributed by atoms with E-state index in [-0.39, 0.29) is 18.1 Å². The lowest BCUT2D eigenvalue weighted by molar-refractivity contribution is 0.0920. The molecule has 1 N–H and O–H groups in total. The van der Waals surface area contributed by atoms with Gasteiger partial charge in [-0.25, -0.2) is 0 Å². The molecule has 0 fully saturated rings. The largest absolute Gasteiger partial charge is 0.504 e. The number of rotatable bonds is 4. The third-order valence-corrected chi connectivity index (χ3v) is 2.32. The van der Waals surface area contributed by atoms with Crippen molar-refractivity contribution in [3.63, 3.8) is 0 Å². The minimum atomic E-state index is -0.117. The van der Waals surface area contributed by atoms with Crippen molar-refractivity contribution in [3.05, 3.63) is 60.2 Å². The summed E-state index contributed by atoms with van der Waals surface area (Å²) in [5.41, 5.74) is 0.600. The zero-order chi connectivity index (χ0) is 12.1. The molecule has 17 heavy (non-hydrogen) atoms. The van der Waals surface area contributed by atoms with Crippen LogP contribution in [0.15, 0.2) is 54.6 Å². The van der Waals surface area contributed by atoms with Crippen molar-refractivity contribution in [1.82, 2.24) is 0 Å². The SMILES string of the molecule is O=C(COc1ccccc1O)c1ccccc1. The molecule has 0 heterocycles. The molecular weight excluding hydrogens is 216 g/mol. The van der Waals surface area contributed by atoms with E-state index in [0.717, 1.165) is 0 Å². The van der Waals surface area contributed by atoms with Gasteiger partial charge in [-0.1, -0.05) is 42.5 Å². The van der Waals surface area contributed by atoms with Gasteiger partial charge in [0.25, 0.3) is 0 Å². The summed E-state index contributed by atoms with van der Waals surface area (Å²) in [5.74, 6) is 0.235. The Morgan fingerprint density at radius 1 is 1.00 bits per heavy atom. The Labute approximate surface area is 99.3 Å². The van der Waals surface area contributed by atoms with Crippen LogP contribution in [-0.2, 0) is 0 Å². The van der Waals surface area contributed by atoms with E-state index in [4.69, 9.17) is 4.74 Å². The minimum absolute atomic E-state index is 0.0355. The van der Waals surface area contributed by atoms with Crippen molar-refractivity contribution in [3.8, 4) is 11.5 Å². The number of ether oxygens (including phenoxy) is 1. The molecule has 0 amide bonds. The Hall–Kier alpha value is -2.29. The van der Waals surface area contributed by atoms with Crippen LogP contribution in [0, 0.1) is 0 Å². The van der Waals surface area contributed by atoms with E-state index in [9.17, 15) is 9.90 Å². The molecule has 2 aromatic carbocycles. The molecule has 86 valence electrons. The molecule has 0 aliphatic carbocycles. The first-order valence-corrected chi connectivity index (χ1v) is 5.26. The van der Waals surface area contributed by atoms with E-state index in [1.54, 1.807) is 42.5 Å². The molecule has 0 atom stereocenters. The highest BCUT2D eigenvalue weighted by Gasteiger charge is 2.07. The standard InChI is InChI=1S/C14H12O3/c15-12-8-4-5-9-14(12)17-10-13(16)11-6-2-1-3-7-11/h1-9,15H,10H2. The Bertz CT molecular complexity index is 506. The summed E-state index contributed by atoms with van der Waals surface area (Å²) in [5, 5.41) is 9.46. The van der Waals surface area contributed by atoms with Gasteiger partial charge in [0.05, 0.1) is 0 Å². The van der Waals surface area contributed by atoms with Crippen LogP contribution in [0.3, 0.4) is 0 Å². The summed E-state index contributed by atoms with van der Waals surface area (Å²) in [6.07, 6.45) is 0. The van der Waals surface area contributed by atoms with Gasteiger partial charge in [-0.15, -0.1) is 0 Å². The van der Waals surface area contributed by atoms with Crippen molar-refractivity contribution in [2.45, 2.75) is 0 Å². The van der Waals surface area contributed by atoms with Crippen LogP contribution < -0.4 is 4.74 Å². The van der Waals surface area contributed by atoms with Crippen LogP contribution in [-0.4, -0.2) is 17.5 Å². The van der Waals surface area contributed by atoms with E-state index >= 15 is 0 Å². The quantitative estimate of drug-likeness (QED) is 0.818. The second-order valence-electron chi connectivity index (χ2n) is 3.55. The number of ketones is 1. The number of aromatic hydroxyl groups is 1. The Balaban J connectivity index is 2.00. The number of carbonyl (C=O) groups is 1. The van der Waals surface area contributed by atoms with Gasteiger partial charge in [-0.2, -0.15) is 0 Å². The number of phenols is 1. The summed E-state index contributed by atoms with van der Waals surface area (Å²) in [4.78, 5) is 11.7. The Kier molecular flexibility index (Phi) is 3.40. The molecule has 2 rings (SSSR count). The number of hydrogen-bond donors (Lipinski definition) is 1. The maximum Gasteiger partial charge on any atom is 0.200 e. The van der Waals surface area contributed by atoms with Crippen LogP contribution >= 0.6 is 0 Å². The molecular formula is C14H12O3. The van der Waals surface area contributed by atoms with Crippen molar-refractivity contribution in [2.24, 2.45) is 0 Å². The number of hydrogen-bond acceptors (Lipinski definition) is 3. The van der Waals surface area contributed by atoms with Gasteiger partial charge in [-0.3, -0.25) is 4.79 Å². The smallest absolute Gasteiger partial charge is 0.200 e. The molecule has 0 radical (unpaired) electrons. The number of phenolic OH excluding ortho intramolecular Hbond substituents is 1. The Morgan fingerprint density at radius 2 is 1.65 bits per heavy atom. The average Bonchev–Trinajstić information content (AvgIpc) is 2.38. The highest BCUT2D eigenvalue weighted by molar-refractivity contribution is 5.97. The van der Waals surface area contributed by atoms with Gasteiger partial charge in [0.2, 0.25) is 0 Å². The van der Waals surface area contributed by atoms with Crippen molar-refractivity contribution in [1.29, 1.82) is 0 Å². The Morgan fingerprint density at radius 3 is 2.35 bits per heavy atom. The topological polar surface area (TPSA) is 46.5 Å². The first-order valence-electron chi connectivity index (χ1n) is 5.26. The molecule has 0 unspecified atom stereocenters. The number of carbonyl (C=O) groups excluding carboxylic acids is 1. The molecule has 0 spiro atoms. The third kappa shape index (κ3) is 2.84. The average molecular weight is 228 g/mol. The lowest BCUT2D eigenvalue weighted by Gasteiger charge is -2.06. The highest BCUT2D eigenvalue weighted by Crippen LogP contribution is 2.24. The van der Waals surface area contributed by atoms with E-state index < -0.39 is 0 Å². The minimum Gasteiger partial charge on any atom is -0.504 e. The van der Waals surface area contributed by atoms with Gasteiger partial charge in [0, 0.05) is 5.56 Å². The van der Waals surface area contributed by atoms with Crippen molar-refractivity contribution < 1.29 is 14.6 Å². The second-order valence-corrected chi connectivity index (χ2v) is 3.55. The van der Waals surface area contributed by atoms with Crippen molar-refractivity contribution >= 4 is 5.78 Å². The summed E-state index contributed by atoms with van der Waals surface area (Å²) in [6.45, 7) is -0.0818. The predicted molar refractivity (Wildman–Crippen MR) is 64.4 cm³/mol. The molecule has 3 heteroatoms. The van der Waals surface area contributed by atoms with Crippen LogP contribution in [0.2, 0.25) is 0 Å². The third-order valence-electron chi connectivity index (χ3n) is 2.32. The molecule has 0 saturated heterocycles. The molecule has 0 aromatic heterocycles. The first-order chi connectivity index (χ1) is 8.27. The maximum absolute atomic E-state index is 11.7.